The Bertz CT molecular complexity index is 728. The molecule has 0 atom stereocenters. The summed E-state index contributed by atoms with van der Waals surface area (Å²) in [6.07, 6.45) is 3.06. The first kappa shape index (κ1) is 18.1. The minimum absolute atomic E-state index is 0.0103. The highest BCUT2D eigenvalue weighted by Gasteiger charge is 2.07. The molecule has 0 spiro atoms. The van der Waals surface area contributed by atoms with Crippen molar-refractivity contribution in [1.29, 1.82) is 0 Å². The zero-order valence-electron chi connectivity index (χ0n) is 12.8. The lowest BCUT2D eigenvalue weighted by atomic mass is 10.1. The van der Waals surface area contributed by atoms with Crippen LogP contribution in [-0.4, -0.2) is 19.0 Å². The third kappa shape index (κ3) is 5.16. The van der Waals surface area contributed by atoms with Gasteiger partial charge in [0, 0.05) is 15.6 Å². The van der Waals surface area contributed by atoms with Crippen molar-refractivity contribution < 1.29 is 23.0 Å². The highest BCUT2D eigenvalue weighted by molar-refractivity contribution is 9.10. The normalized spacial score (nSPS) is 11.0. The predicted octanol–water partition coefficient (Wildman–Crippen LogP) is 5.35. The summed E-state index contributed by atoms with van der Waals surface area (Å²) in [5.74, 6) is 0.433. The van der Waals surface area contributed by atoms with Gasteiger partial charge in [-0.25, -0.2) is 0 Å². The Morgan fingerprint density at radius 2 is 1.92 bits per heavy atom. The topological polar surface area (TPSA) is 35.5 Å². The maximum absolute atomic E-state index is 12.2. The SMILES string of the molecule is CCOc1ccc(Br)cc1/C=C/C(=O)c1ccc(OC(F)F)cc1. The summed E-state index contributed by atoms with van der Waals surface area (Å²) in [5.41, 5.74) is 1.14. The van der Waals surface area contributed by atoms with Crippen molar-refractivity contribution in [1.82, 2.24) is 0 Å². The number of rotatable bonds is 7. The molecule has 0 saturated heterocycles. The fraction of sp³-hybridized carbons (Fsp3) is 0.167. The summed E-state index contributed by atoms with van der Waals surface area (Å²) in [6, 6.07) is 11.0. The molecule has 0 aliphatic heterocycles. The second kappa shape index (κ2) is 8.59. The summed E-state index contributed by atoms with van der Waals surface area (Å²) < 4.78 is 34.8. The van der Waals surface area contributed by atoms with Gasteiger partial charge in [-0.05, 0) is 61.5 Å². The molecule has 2 aromatic rings. The Labute approximate surface area is 147 Å². The molecule has 0 aliphatic carbocycles. The number of ketones is 1. The van der Waals surface area contributed by atoms with E-state index >= 15 is 0 Å². The number of hydrogen-bond donors (Lipinski definition) is 0. The number of allylic oxidation sites excluding steroid dienone is 1. The van der Waals surface area contributed by atoms with Gasteiger partial charge in [0.05, 0.1) is 6.61 Å². The average Bonchev–Trinajstić information content (AvgIpc) is 2.55. The van der Waals surface area contributed by atoms with Crippen molar-refractivity contribution in [2.24, 2.45) is 0 Å². The lowest BCUT2D eigenvalue weighted by Crippen LogP contribution is -2.02. The van der Waals surface area contributed by atoms with Crippen LogP contribution in [0, 0.1) is 0 Å². The van der Waals surface area contributed by atoms with E-state index in [1.54, 1.807) is 6.08 Å². The third-order valence-electron chi connectivity index (χ3n) is 3.05. The van der Waals surface area contributed by atoms with Gasteiger partial charge < -0.3 is 9.47 Å². The van der Waals surface area contributed by atoms with E-state index in [-0.39, 0.29) is 11.5 Å². The van der Waals surface area contributed by atoms with Crippen molar-refractivity contribution in [3.8, 4) is 11.5 Å². The van der Waals surface area contributed by atoms with E-state index in [0.717, 1.165) is 10.0 Å². The lowest BCUT2D eigenvalue weighted by molar-refractivity contribution is -0.0498. The molecule has 0 aliphatic rings. The molecular formula is C18H15BrF2O3. The number of hydrogen-bond acceptors (Lipinski definition) is 3. The summed E-state index contributed by atoms with van der Waals surface area (Å²) in [7, 11) is 0. The van der Waals surface area contributed by atoms with E-state index in [1.807, 2.05) is 25.1 Å². The molecule has 0 saturated carbocycles. The van der Waals surface area contributed by atoms with Gasteiger partial charge in [0.1, 0.15) is 11.5 Å². The van der Waals surface area contributed by atoms with E-state index in [2.05, 4.69) is 20.7 Å². The molecule has 3 nitrogen and oxygen atoms in total. The number of alkyl halides is 2. The van der Waals surface area contributed by atoms with Crippen LogP contribution in [0.15, 0.2) is 53.0 Å². The first-order valence-electron chi connectivity index (χ1n) is 7.19. The molecule has 126 valence electrons. The van der Waals surface area contributed by atoms with E-state index in [4.69, 9.17) is 4.74 Å². The number of benzene rings is 2. The molecule has 0 amide bonds. The monoisotopic (exact) mass is 396 g/mol. The largest absolute Gasteiger partial charge is 0.493 e. The van der Waals surface area contributed by atoms with Crippen LogP contribution >= 0.6 is 15.9 Å². The molecule has 2 aromatic carbocycles. The second-order valence-electron chi connectivity index (χ2n) is 4.72. The zero-order chi connectivity index (χ0) is 17.5. The standard InChI is InChI=1S/C18H15BrF2O3/c1-2-23-17-10-6-14(19)11-13(17)5-9-16(22)12-3-7-15(8-4-12)24-18(20)21/h3-11,18H,2H2,1H3/b9-5+. The summed E-state index contributed by atoms with van der Waals surface area (Å²) in [5, 5.41) is 0. The van der Waals surface area contributed by atoms with Gasteiger partial charge in [-0.1, -0.05) is 15.9 Å². The molecule has 0 radical (unpaired) electrons. The first-order chi connectivity index (χ1) is 11.5. The van der Waals surface area contributed by atoms with Gasteiger partial charge >= 0.3 is 6.61 Å². The minimum Gasteiger partial charge on any atom is -0.493 e. The average molecular weight is 397 g/mol. The van der Waals surface area contributed by atoms with Crippen molar-refractivity contribution >= 4 is 27.8 Å². The van der Waals surface area contributed by atoms with Crippen LogP contribution in [0.5, 0.6) is 11.5 Å². The quantitative estimate of drug-likeness (QED) is 0.467. The zero-order valence-corrected chi connectivity index (χ0v) is 14.4. The predicted molar refractivity (Wildman–Crippen MR) is 91.7 cm³/mol. The maximum Gasteiger partial charge on any atom is 0.387 e. The van der Waals surface area contributed by atoms with Crippen LogP contribution in [0.3, 0.4) is 0 Å². The van der Waals surface area contributed by atoms with E-state index < -0.39 is 6.61 Å². The van der Waals surface area contributed by atoms with Crippen molar-refractivity contribution in [2.75, 3.05) is 6.61 Å². The molecule has 24 heavy (non-hydrogen) atoms. The van der Waals surface area contributed by atoms with Gasteiger partial charge in [0.2, 0.25) is 0 Å². The molecule has 0 aromatic heterocycles. The highest BCUT2D eigenvalue weighted by atomic mass is 79.9. The van der Waals surface area contributed by atoms with Crippen LogP contribution in [0.25, 0.3) is 6.08 Å². The fourth-order valence-electron chi connectivity index (χ4n) is 2.00. The molecule has 6 heteroatoms. The number of carbonyl (C=O) groups is 1. The summed E-state index contributed by atoms with van der Waals surface area (Å²) in [6.45, 7) is -0.494. The first-order valence-corrected chi connectivity index (χ1v) is 7.98. The van der Waals surface area contributed by atoms with Crippen LogP contribution in [0.2, 0.25) is 0 Å². The second-order valence-corrected chi connectivity index (χ2v) is 5.63. The van der Waals surface area contributed by atoms with Crippen molar-refractivity contribution in [2.45, 2.75) is 13.5 Å². The van der Waals surface area contributed by atoms with Crippen molar-refractivity contribution in [3.63, 3.8) is 0 Å². The Balaban J connectivity index is 2.14. The van der Waals surface area contributed by atoms with E-state index in [9.17, 15) is 13.6 Å². The molecule has 2 rings (SSSR count). The van der Waals surface area contributed by atoms with Gasteiger partial charge in [-0.15, -0.1) is 0 Å². The Hall–Kier alpha value is -2.21. The molecule has 0 unspecified atom stereocenters. The van der Waals surface area contributed by atoms with Gasteiger partial charge in [-0.2, -0.15) is 8.78 Å². The molecule has 0 bridgehead atoms. The number of ether oxygens (including phenoxy) is 2. The summed E-state index contributed by atoms with van der Waals surface area (Å²) in [4.78, 5) is 12.2. The summed E-state index contributed by atoms with van der Waals surface area (Å²) >= 11 is 3.38. The fourth-order valence-corrected chi connectivity index (χ4v) is 2.38. The smallest absolute Gasteiger partial charge is 0.387 e. The highest BCUT2D eigenvalue weighted by Crippen LogP contribution is 2.25. The Morgan fingerprint density at radius 1 is 1.21 bits per heavy atom. The Kier molecular flexibility index (Phi) is 6.49. The van der Waals surface area contributed by atoms with Gasteiger partial charge in [0.15, 0.2) is 5.78 Å². The lowest BCUT2D eigenvalue weighted by Gasteiger charge is -2.07. The van der Waals surface area contributed by atoms with E-state index in [0.29, 0.717) is 17.9 Å². The van der Waals surface area contributed by atoms with Crippen LogP contribution < -0.4 is 9.47 Å². The van der Waals surface area contributed by atoms with Crippen LogP contribution in [-0.2, 0) is 0 Å². The minimum atomic E-state index is -2.89. The van der Waals surface area contributed by atoms with Gasteiger partial charge in [-0.3, -0.25) is 4.79 Å². The maximum atomic E-state index is 12.2. The number of carbonyl (C=O) groups excluding carboxylic acids is 1. The third-order valence-corrected chi connectivity index (χ3v) is 3.54. The van der Waals surface area contributed by atoms with Crippen molar-refractivity contribution in [3.05, 3.63) is 64.1 Å². The number of halogens is 3. The van der Waals surface area contributed by atoms with Gasteiger partial charge in [0.25, 0.3) is 0 Å². The Morgan fingerprint density at radius 3 is 2.54 bits per heavy atom. The van der Waals surface area contributed by atoms with Crippen LogP contribution in [0.1, 0.15) is 22.8 Å². The van der Waals surface area contributed by atoms with E-state index in [1.165, 1.54) is 30.3 Å². The molecular weight excluding hydrogens is 382 g/mol. The molecule has 0 N–H and O–H groups in total. The van der Waals surface area contributed by atoms with Crippen LogP contribution in [0.4, 0.5) is 8.78 Å². The molecule has 0 fully saturated rings. The molecule has 0 heterocycles.